The maximum atomic E-state index is 12.3. The second-order valence-electron chi connectivity index (χ2n) is 8.29. The molecule has 0 aromatic heterocycles. The van der Waals surface area contributed by atoms with Crippen LogP contribution in [0.4, 0.5) is 0 Å². The first-order valence-electron chi connectivity index (χ1n) is 10.3. The number of hydroxylamine groups is 1. The molecule has 0 saturated carbocycles. The molecule has 0 atom stereocenters. The maximum Gasteiger partial charge on any atom is 0.343 e. The second kappa shape index (κ2) is 9.96. The third kappa shape index (κ3) is 6.08. The molecule has 0 amide bonds. The van der Waals surface area contributed by atoms with Crippen LogP contribution in [0.25, 0.3) is 12.2 Å². The van der Waals surface area contributed by atoms with Gasteiger partial charge in [0.2, 0.25) is 0 Å². The third-order valence-corrected chi connectivity index (χ3v) is 4.73. The lowest BCUT2D eigenvalue weighted by Crippen LogP contribution is -2.29. The molecule has 0 spiro atoms. The zero-order chi connectivity index (χ0) is 23.1. The summed E-state index contributed by atoms with van der Waals surface area (Å²) < 4.78 is 11.8. The zero-order valence-electron chi connectivity index (χ0n) is 18.7. The first kappa shape index (κ1) is 22.8. The third-order valence-electron chi connectivity index (χ3n) is 4.73. The van der Waals surface area contributed by atoms with Crippen molar-refractivity contribution < 1.29 is 19.0 Å². The van der Waals surface area contributed by atoms with E-state index in [1.807, 2.05) is 75.4 Å². The number of rotatable bonds is 6. The molecule has 5 nitrogen and oxygen atoms in total. The van der Waals surface area contributed by atoms with Crippen LogP contribution in [0, 0.1) is 5.21 Å². The molecule has 0 radical (unpaired) electrons. The number of methoxy groups -OCH3 is 1. The van der Waals surface area contributed by atoms with E-state index >= 15 is 0 Å². The molecule has 3 rings (SSSR count). The number of nitrogens with zero attached hydrogens (tertiary/aromatic N) is 1. The van der Waals surface area contributed by atoms with Gasteiger partial charge in [0.25, 0.3) is 0 Å². The van der Waals surface area contributed by atoms with Crippen molar-refractivity contribution in [1.82, 2.24) is 0 Å². The summed E-state index contributed by atoms with van der Waals surface area (Å²) in [5, 5.41) is 12.1. The van der Waals surface area contributed by atoms with E-state index in [1.165, 1.54) is 7.11 Å². The van der Waals surface area contributed by atoms with Gasteiger partial charge < -0.3 is 14.7 Å². The number of ether oxygens (including phenoxy) is 2. The van der Waals surface area contributed by atoms with Gasteiger partial charge in [-0.15, -0.1) is 0 Å². The molecule has 5 heteroatoms. The molecule has 0 aliphatic heterocycles. The van der Waals surface area contributed by atoms with Crippen LogP contribution in [0.2, 0.25) is 0 Å². The lowest BCUT2D eigenvalue weighted by molar-refractivity contribution is -0.530. The summed E-state index contributed by atoms with van der Waals surface area (Å²) in [4.78, 5) is 12.3. The fourth-order valence-corrected chi connectivity index (χ4v) is 2.82. The van der Waals surface area contributed by atoms with Crippen molar-refractivity contribution in [2.45, 2.75) is 26.3 Å². The highest BCUT2D eigenvalue weighted by atomic mass is 16.6. The standard InChI is InChI=1S/C27H27NO4/c1-27(2,3)28(30)19-22-14-11-20(12-15-22)10-13-21-16-17-24(25(18-21)31-4)32-26(29)23-8-6-5-7-9-23/h5-19H,1-4H3/b13-10+,28-19+. The van der Waals surface area contributed by atoms with Gasteiger partial charge in [0.15, 0.2) is 23.3 Å². The van der Waals surface area contributed by atoms with Gasteiger partial charge in [-0.3, -0.25) is 0 Å². The first-order valence-corrected chi connectivity index (χ1v) is 10.3. The van der Waals surface area contributed by atoms with Gasteiger partial charge in [-0.1, -0.05) is 48.6 Å². The number of carbonyl (C=O) groups excluding carboxylic acids is 1. The van der Waals surface area contributed by atoms with Crippen LogP contribution in [0.3, 0.4) is 0 Å². The van der Waals surface area contributed by atoms with Crippen molar-refractivity contribution in [3.8, 4) is 11.5 Å². The van der Waals surface area contributed by atoms with Gasteiger partial charge in [0, 0.05) is 26.3 Å². The van der Waals surface area contributed by atoms with E-state index in [4.69, 9.17) is 9.47 Å². The minimum Gasteiger partial charge on any atom is -0.623 e. The lowest BCUT2D eigenvalue weighted by Gasteiger charge is -2.18. The maximum absolute atomic E-state index is 12.3. The van der Waals surface area contributed by atoms with E-state index in [1.54, 1.807) is 36.5 Å². The zero-order valence-corrected chi connectivity index (χ0v) is 18.7. The van der Waals surface area contributed by atoms with Gasteiger partial charge in [-0.05, 0) is 47.5 Å². The first-order chi connectivity index (χ1) is 15.3. The van der Waals surface area contributed by atoms with E-state index < -0.39 is 11.5 Å². The SMILES string of the molecule is COc1cc(/C=C/c2ccc(/C=[N+](/[O-])C(C)(C)C)cc2)ccc1OC(=O)c1ccccc1. The van der Waals surface area contributed by atoms with Crippen molar-refractivity contribution in [1.29, 1.82) is 0 Å². The summed E-state index contributed by atoms with van der Waals surface area (Å²) in [6, 6.07) is 21.9. The highest BCUT2D eigenvalue weighted by Gasteiger charge is 2.18. The van der Waals surface area contributed by atoms with Gasteiger partial charge in [-0.25, -0.2) is 9.53 Å². The Morgan fingerprint density at radius 2 is 1.44 bits per heavy atom. The molecule has 0 unspecified atom stereocenters. The molecule has 0 heterocycles. The molecule has 0 bridgehead atoms. The van der Waals surface area contributed by atoms with Crippen LogP contribution in [0.5, 0.6) is 11.5 Å². The van der Waals surface area contributed by atoms with Gasteiger partial charge in [0.1, 0.15) is 0 Å². The van der Waals surface area contributed by atoms with Crippen LogP contribution in [0.1, 0.15) is 47.8 Å². The highest BCUT2D eigenvalue weighted by Crippen LogP contribution is 2.29. The Morgan fingerprint density at radius 1 is 0.844 bits per heavy atom. The quantitative estimate of drug-likeness (QED) is 0.0943. The number of hydrogen-bond donors (Lipinski definition) is 0. The molecule has 0 aliphatic rings. The van der Waals surface area contributed by atoms with Crippen molar-refractivity contribution in [2.24, 2.45) is 0 Å². The molecule has 32 heavy (non-hydrogen) atoms. The molecule has 3 aromatic rings. The van der Waals surface area contributed by atoms with Crippen molar-refractivity contribution >= 4 is 24.3 Å². The van der Waals surface area contributed by atoms with E-state index in [0.717, 1.165) is 21.4 Å². The number of hydrogen-bond acceptors (Lipinski definition) is 4. The predicted octanol–water partition coefficient (Wildman–Crippen LogP) is 5.81. The Hall–Kier alpha value is -3.86. The molecular formula is C27H27NO4. The molecule has 0 N–H and O–H groups in total. The molecular weight excluding hydrogens is 402 g/mol. The van der Waals surface area contributed by atoms with Crippen LogP contribution in [0.15, 0.2) is 72.8 Å². The molecule has 0 saturated heterocycles. The van der Waals surface area contributed by atoms with Crippen LogP contribution >= 0.6 is 0 Å². The topological polar surface area (TPSA) is 61.6 Å². The lowest BCUT2D eigenvalue weighted by atomic mass is 10.1. The highest BCUT2D eigenvalue weighted by molar-refractivity contribution is 5.91. The van der Waals surface area contributed by atoms with E-state index in [0.29, 0.717) is 17.1 Å². The van der Waals surface area contributed by atoms with Crippen LogP contribution in [-0.4, -0.2) is 29.6 Å². The Labute approximate surface area is 188 Å². The molecule has 0 fully saturated rings. The smallest absolute Gasteiger partial charge is 0.343 e. The normalized spacial score (nSPS) is 12.1. The summed E-state index contributed by atoms with van der Waals surface area (Å²) in [6.45, 7) is 5.61. The molecule has 3 aromatic carbocycles. The summed E-state index contributed by atoms with van der Waals surface area (Å²) in [7, 11) is 1.54. The molecule has 0 aliphatic carbocycles. The van der Waals surface area contributed by atoms with Gasteiger partial charge >= 0.3 is 5.97 Å². The Bertz CT molecular complexity index is 1120. The average Bonchev–Trinajstić information content (AvgIpc) is 2.79. The summed E-state index contributed by atoms with van der Waals surface area (Å²) in [5.41, 5.74) is 2.74. The molecule has 164 valence electrons. The number of carbonyl (C=O) groups is 1. The number of esters is 1. The Balaban J connectivity index is 1.72. The second-order valence-corrected chi connectivity index (χ2v) is 8.29. The minimum absolute atomic E-state index is 0.361. The number of benzene rings is 3. The fourth-order valence-electron chi connectivity index (χ4n) is 2.82. The van der Waals surface area contributed by atoms with E-state index in [2.05, 4.69) is 0 Å². The monoisotopic (exact) mass is 429 g/mol. The largest absolute Gasteiger partial charge is 0.623 e. The Morgan fingerprint density at radius 3 is 2.06 bits per heavy atom. The van der Waals surface area contributed by atoms with Crippen molar-refractivity contribution in [3.05, 3.63) is 100 Å². The Kier molecular flexibility index (Phi) is 7.11. The average molecular weight is 430 g/mol. The minimum atomic E-state index is -0.473. The summed E-state index contributed by atoms with van der Waals surface area (Å²) >= 11 is 0. The predicted molar refractivity (Wildman–Crippen MR) is 128 cm³/mol. The van der Waals surface area contributed by atoms with Crippen molar-refractivity contribution in [2.75, 3.05) is 7.11 Å². The fraction of sp³-hybridized carbons (Fsp3) is 0.185. The summed E-state index contributed by atoms with van der Waals surface area (Å²) in [5.74, 6) is 0.394. The van der Waals surface area contributed by atoms with Gasteiger partial charge in [-0.2, -0.15) is 0 Å². The van der Waals surface area contributed by atoms with Gasteiger partial charge in [0.05, 0.1) is 12.7 Å². The van der Waals surface area contributed by atoms with E-state index in [9.17, 15) is 10.0 Å². The summed E-state index contributed by atoms with van der Waals surface area (Å²) in [6.07, 6.45) is 5.50. The van der Waals surface area contributed by atoms with Crippen LogP contribution < -0.4 is 9.47 Å². The van der Waals surface area contributed by atoms with E-state index in [-0.39, 0.29) is 0 Å². The van der Waals surface area contributed by atoms with Crippen LogP contribution in [-0.2, 0) is 0 Å². The van der Waals surface area contributed by atoms with Crippen molar-refractivity contribution in [3.63, 3.8) is 0 Å².